The summed E-state index contributed by atoms with van der Waals surface area (Å²) in [4.78, 5) is 0. The lowest BCUT2D eigenvalue weighted by molar-refractivity contribution is 0.338. The maximum atomic E-state index is 6.67. The monoisotopic (exact) mass is 364 g/mol. The normalized spacial score (nSPS) is 14.8. The van der Waals surface area contributed by atoms with Crippen LogP contribution >= 0.6 is 27.5 Å². The molecule has 21 heavy (non-hydrogen) atoms. The number of hydrogen-bond acceptors (Lipinski definition) is 1. The van der Waals surface area contributed by atoms with Gasteiger partial charge in [0.25, 0.3) is 0 Å². The van der Waals surface area contributed by atoms with Crippen molar-refractivity contribution in [2.24, 2.45) is 0 Å². The molecule has 0 aromatic heterocycles. The zero-order valence-corrected chi connectivity index (χ0v) is 14.4. The van der Waals surface area contributed by atoms with E-state index in [9.17, 15) is 0 Å². The molecule has 0 bridgehead atoms. The van der Waals surface area contributed by atoms with Crippen molar-refractivity contribution < 1.29 is 4.74 Å². The molecule has 0 spiro atoms. The molecule has 1 unspecified atom stereocenters. The summed E-state index contributed by atoms with van der Waals surface area (Å²) in [5.74, 6) is 0.860. The molecule has 0 fully saturated rings. The molecular weight excluding hydrogens is 348 g/mol. The molecule has 1 atom stereocenters. The number of benzene rings is 2. The van der Waals surface area contributed by atoms with Crippen LogP contribution in [0.4, 0.5) is 0 Å². The van der Waals surface area contributed by atoms with Gasteiger partial charge in [0, 0.05) is 0 Å². The molecule has 0 saturated carbocycles. The van der Waals surface area contributed by atoms with Crippen molar-refractivity contribution in [3.63, 3.8) is 0 Å². The smallest absolute Gasteiger partial charge is 0.133 e. The van der Waals surface area contributed by atoms with Gasteiger partial charge in [0.1, 0.15) is 5.75 Å². The lowest BCUT2D eigenvalue weighted by atomic mass is 10.00. The van der Waals surface area contributed by atoms with Crippen molar-refractivity contribution in [1.29, 1.82) is 0 Å². The van der Waals surface area contributed by atoms with Crippen molar-refractivity contribution in [3.05, 3.63) is 63.1 Å². The van der Waals surface area contributed by atoms with Gasteiger partial charge >= 0.3 is 0 Å². The van der Waals surface area contributed by atoms with E-state index in [0.29, 0.717) is 6.61 Å². The minimum atomic E-state index is -0.122. The predicted octanol–water partition coefficient (Wildman–Crippen LogP) is 5.66. The van der Waals surface area contributed by atoms with E-state index in [-0.39, 0.29) is 5.38 Å². The largest absolute Gasteiger partial charge is 0.493 e. The van der Waals surface area contributed by atoms with Crippen LogP contribution in [0.2, 0.25) is 0 Å². The lowest BCUT2D eigenvalue weighted by Gasteiger charge is -2.14. The van der Waals surface area contributed by atoms with Crippen LogP contribution in [0.15, 0.2) is 40.9 Å². The first-order chi connectivity index (χ1) is 10.2. The number of hydrogen-bond donors (Lipinski definition) is 0. The Hall–Kier alpha value is -0.990. The molecule has 3 heteroatoms. The fourth-order valence-electron chi connectivity index (χ4n) is 2.89. The first kappa shape index (κ1) is 14.9. The van der Waals surface area contributed by atoms with Crippen molar-refractivity contribution >= 4 is 27.5 Å². The summed E-state index contributed by atoms with van der Waals surface area (Å²) in [6.07, 6.45) is 3.65. The Kier molecular flexibility index (Phi) is 4.56. The molecule has 1 aliphatic carbocycles. The van der Waals surface area contributed by atoms with E-state index < -0.39 is 0 Å². The number of aryl methyl sites for hydroxylation is 2. The van der Waals surface area contributed by atoms with E-state index in [1.165, 1.54) is 36.0 Å². The minimum Gasteiger partial charge on any atom is -0.493 e. The number of rotatable bonds is 4. The summed E-state index contributed by atoms with van der Waals surface area (Å²) in [5.41, 5.74) is 5.21. The molecule has 2 aromatic rings. The van der Waals surface area contributed by atoms with Crippen molar-refractivity contribution in [2.75, 3.05) is 6.61 Å². The van der Waals surface area contributed by atoms with E-state index >= 15 is 0 Å². The second-order valence-electron chi connectivity index (χ2n) is 5.37. The molecule has 0 aliphatic heterocycles. The van der Waals surface area contributed by atoms with Crippen molar-refractivity contribution in [3.8, 4) is 5.75 Å². The fourth-order valence-corrected chi connectivity index (χ4v) is 3.67. The van der Waals surface area contributed by atoms with Gasteiger partial charge in [0.15, 0.2) is 0 Å². The summed E-state index contributed by atoms with van der Waals surface area (Å²) in [6, 6.07) is 12.7. The second-order valence-corrected chi connectivity index (χ2v) is 6.66. The maximum Gasteiger partial charge on any atom is 0.133 e. The van der Waals surface area contributed by atoms with Gasteiger partial charge in [-0.25, -0.2) is 0 Å². The third kappa shape index (κ3) is 3.12. The van der Waals surface area contributed by atoms with Crippen LogP contribution in [-0.4, -0.2) is 6.61 Å². The van der Waals surface area contributed by atoms with Gasteiger partial charge in [-0.15, -0.1) is 11.6 Å². The van der Waals surface area contributed by atoms with Gasteiger partial charge in [0.05, 0.1) is 16.5 Å². The minimum absolute atomic E-state index is 0.122. The van der Waals surface area contributed by atoms with Gasteiger partial charge in [-0.3, -0.25) is 0 Å². The highest BCUT2D eigenvalue weighted by atomic mass is 79.9. The predicted molar refractivity (Wildman–Crippen MR) is 91.5 cm³/mol. The number of ether oxygens (including phenoxy) is 1. The summed E-state index contributed by atoms with van der Waals surface area (Å²) in [5, 5.41) is -0.122. The van der Waals surface area contributed by atoms with Crippen molar-refractivity contribution in [1.82, 2.24) is 0 Å². The molecular formula is C18H18BrClO. The van der Waals surface area contributed by atoms with Crippen LogP contribution < -0.4 is 4.74 Å². The third-order valence-electron chi connectivity index (χ3n) is 3.96. The Balaban J connectivity index is 1.88. The van der Waals surface area contributed by atoms with Crippen LogP contribution in [0.5, 0.6) is 5.75 Å². The number of alkyl halides is 1. The summed E-state index contributed by atoms with van der Waals surface area (Å²) in [6.45, 7) is 2.64. The Morgan fingerprint density at radius 3 is 2.57 bits per heavy atom. The Bertz CT molecular complexity index is 654. The van der Waals surface area contributed by atoms with Gasteiger partial charge < -0.3 is 4.74 Å². The van der Waals surface area contributed by atoms with Crippen LogP contribution in [0.25, 0.3) is 0 Å². The Morgan fingerprint density at radius 2 is 1.81 bits per heavy atom. The molecule has 0 N–H and O–H groups in total. The first-order valence-electron chi connectivity index (χ1n) is 7.37. The molecule has 0 radical (unpaired) electrons. The molecule has 1 nitrogen and oxygen atoms in total. The van der Waals surface area contributed by atoms with E-state index in [2.05, 4.69) is 40.2 Å². The lowest BCUT2D eigenvalue weighted by Crippen LogP contribution is -1.97. The van der Waals surface area contributed by atoms with E-state index in [4.69, 9.17) is 16.3 Å². The van der Waals surface area contributed by atoms with Crippen LogP contribution in [0.3, 0.4) is 0 Å². The zero-order chi connectivity index (χ0) is 14.8. The maximum absolute atomic E-state index is 6.67. The summed E-state index contributed by atoms with van der Waals surface area (Å²) in [7, 11) is 0. The third-order valence-corrected chi connectivity index (χ3v) is 5.09. The number of fused-ring (bicyclic) bond motifs is 1. The Labute approximate surface area is 139 Å². The summed E-state index contributed by atoms with van der Waals surface area (Å²) >= 11 is 10.2. The van der Waals surface area contributed by atoms with E-state index in [1.54, 1.807) is 0 Å². The molecule has 3 rings (SSSR count). The highest BCUT2D eigenvalue weighted by Crippen LogP contribution is 2.36. The summed E-state index contributed by atoms with van der Waals surface area (Å²) < 4.78 is 6.50. The average molecular weight is 366 g/mol. The highest BCUT2D eigenvalue weighted by molar-refractivity contribution is 9.10. The van der Waals surface area contributed by atoms with Gasteiger partial charge in [-0.2, -0.15) is 0 Å². The number of halogens is 2. The van der Waals surface area contributed by atoms with Gasteiger partial charge in [-0.1, -0.05) is 24.3 Å². The van der Waals surface area contributed by atoms with Crippen molar-refractivity contribution in [2.45, 2.75) is 31.6 Å². The molecule has 0 amide bonds. The van der Waals surface area contributed by atoms with Gasteiger partial charge in [-0.05, 0) is 76.5 Å². The fraction of sp³-hybridized carbons (Fsp3) is 0.333. The molecule has 2 aromatic carbocycles. The van der Waals surface area contributed by atoms with Crippen LogP contribution in [0.1, 0.15) is 41.0 Å². The Morgan fingerprint density at radius 1 is 1.10 bits per heavy atom. The quantitative estimate of drug-likeness (QED) is 0.635. The average Bonchev–Trinajstić information content (AvgIpc) is 2.96. The highest BCUT2D eigenvalue weighted by Gasteiger charge is 2.16. The van der Waals surface area contributed by atoms with E-state index in [1.807, 2.05) is 19.1 Å². The topological polar surface area (TPSA) is 9.23 Å². The zero-order valence-electron chi connectivity index (χ0n) is 12.0. The van der Waals surface area contributed by atoms with Crippen LogP contribution in [-0.2, 0) is 12.8 Å². The van der Waals surface area contributed by atoms with Crippen LogP contribution in [0, 0.1) is 0 Å². The first-order valence-corrected chi connectivity index (χ1v) is 8.60. The standard InChI is InChI=1S/C18H18BrClO/c1-2-21-17-9-8-15(11-16(17)19)18(20)14-7-6-12-4-3-5-13(12)10-14/h6-11,18H,2-5H2,1H3. The van der Waals surface area contributed by atoms with Gasteiger partial charge in [0.2, 0.25) is 0 Å². The second kappa shape index (κ2) is 6.41. The molecule has 0 saturated heterocycles. The molecule has 1 aliphatic rings. The SMILES string of the molecule is CCOc1ccc(C(Cl)c2ccc3c(c2)CCC3)cc1Br. The molecule has 110 valence electrons. The van der Waals surface area contributed by atoms with E-state index in [0.717, 1.165) is 15.8 Å². The molecule has 0 heterocycles.